The van der Waals surface area contributed by atoms with Crippen LogP contribution >= 0.6 is 0 Å². The van der Waals surface area contributed by atoms with E-state index in [4.69, 9.17) is 0 Å². The van der Waals surface area contributed by atoms with Gasteiger partial charge in [0.05, 0.1) is 23.7 Å². The Morgan fingerprint density at radius 1 is 1.11 bits per heavy atom. The Hall–Kier alpha value is -2.25. The van der Waals surface area contributed by atoms with Crippen LogP contribution in [0.25, 0.3) is 0 Å². The van der Waals surface area contributed by atoms with Crippen LogP contribution in [0, 0.1) is 6.92 Å². The van der Waals surface area contributed by atoms with Gasteiger partial charge < -0.3 is 5.32 Å². The summed E-state index contributed by atoms with van der Waals surface area (Å²) in [5, 5.41) is 2.79. The summed E-state index contributed by atoms with van der Waals surface area (Å²) < 4.78 is 28.0. The number of aryl methyl sites for hydroxylation is 1. The topological polar surface area (TPSA) is 79.4 Å². The van der Waals surface area contributed by atoms with Gasteiger partial charge in [0.2, 0.25) is 15.9 Å². The van der Waals surface area contributed by atoms with Crippen molar-refractivity contribution < 1.29 is 13.2 Å². The molecule has 1 aromatic carbocycles. The third-order valence-corrected chi connectivity index (χ3v) is 7.01. The Kier molecular flexibility index (Phi) is 6.80. The lowest BCUT2D eigenvalue weighted by molar-refractivity contribution is -0.121. The van der Waals surface area contributed by atoms with Crippen LogP contribution in [0.2, 0.25) is 0 Å². The van der Waals surface area contributed by atoms with Crippen molar-refractivity contribution in [2.45, 2.75) is 56.5 Å². The smallest absolute Gasteiger partial charge is 0.243 e. The van der Waals surface area contributed by atoms with E-state index in [-0.39, 0.29) is 29.9 Å². The third-order valence-electron chi connectivity index (χ3n) is 5.10. The molecule has 1 N–H and O–H groups in total. The second kappa shape index (κ2) is 9.30. The molecule has 0 saturated heterocycles. The molecule has 0 spiro atoms. The minimum atomic E-state index is -3.74. The van der Waals surface area contributed by atoms with Crippen molar-refractivity contribution in [2.24, 2.45) is 0 Å². The fourth-order valence-corrected chi connectivity index (χ4v) is 5.16. The Morgan fingerprint density at radius 2 is 1.82 bits per heavy atom. The Bertz CT molecular complexity index is 877. The summed E-state index contributed by atoms with van der Waals surface area (Å²) in [6, 6.07) is 12.1. The molecule has 3 rings (SSSR count). The van der Waals surface area contributed by atoms with E-state index in [9.17, 15) is 13.2 Å². The van der Waals surface area contributed by atoms with Crippen LogP contribution in [-0.4, -0.2) is 36.2 Å². The summed E-state index contributed by atoms with van der Waals surface area (Å²) in [7, 11) is -3.74. The Balaban J connectivity index is 1.76. The van der Waals surface area contributed by atoms with E-state index in [0.29, 0.717) is 0 Å². The van der Waals surface area contributed by atoms with Gasteiger partial charge in [-0.3, -0.25) is 9.78 Å². The molecule has 6 nitrogen and oxygen atoms in total. The molecule has 1 fully saturated rings. The van der Waals surface area contributed by atoms with E-state index in [2.05, 4.69) is 10.3 Å². The fraction of sp³-hybridized carbons (Fsp3) is 0.429. The van der Waals surface area contributed by atoms with E-state index in [1.165, 1.54) is 4.31 Å². The highest BCUT2D eigenvalue weighted by atomic mass is 32.2. The molecular formula is C21H27N3O3S. The zero-order valence-electron chi connectivity index (χ0n) is 16.2. The van der Waals surface area contributed by atoms with Crippen molar-refractivity contribution in [3.05, 3.63) is 59.9 Å². The Morgan fingerprint density at radius 3 is 2.46 bits per heavy atom. The normalized spacial score (nSPS) is 15.5. The molecule has 1 aliphatic rings. The molecule has 1 aliphatic carbocycles. The van der Waals surface area contributed by atoms with Gasteiger partial charge in [-0.15, -0.1) is 0 Å². The molecule has 28 heavy (non-hydrogen) atoms. The number of sulfonamides is 1. The number of pyridine rings is 1. The number of carbonyl (C=O) groups excluding carboxylic acids is 1. The molecule has 0 atom stereocenters. The number of aromatic nitrogens is 1. The standard InChI is InChI=1S/C21H27N3O3S/c1-17-10-12-20(13-11-17)28(26,27)24(19-8-3-2-4-9-19)16-21(25)23-15-18-7-5-6-14-22-18/h5-7,10-14,19H,2-4,8-9,15-16H2,1H3,(H,23,25). The predicted molar refractivity (Wildman–Crippen MR) is 108 cm³/mol. The first-order chi connectivity index (χ1) is 13.5. The van der Waals surface area contributed by atoms with E-state index in [1.807, 2.05) is 25.1 Å². The number of nitrogens with one attached hydrogen (secondary N) is 1. The monoisotopic (exact) mass is 401 g/mol. The lowest BCUT2D eigenvalue weighted by atomic mass is 9.95. The minimum Gasteiger partial charge on any atom is -0.349 e. The van der Waals surface area contributed by atoms with Crippen LogP contribution < -0.4 is 5.32 Å². The first kappa shape index (κ1) is 20.5. The molecule has 1 heterocycles. The van der Waals surface area contributed by atoms with Gasteiger partial charge in [0.1, 0.15) is 0 Å². The number of nitrogens with zero attached hydrogens (tertiary/aromatic N) is 2. The predicted octanol–water partition coefficient (Wildman–Crippen LogP) is 3.03. The van der Waals surface area contributed by atoms with E-state index >= 15 is 0 Å². The average molecular weight is 402 g/mol. The molecule has 0 aliphatic heterocycles. The number of benzene rings is 1. The highest BCUT2D eigenvalue weighted by Crippen LogP contribution is 2.27. The number of amides is 1. The quantitative estimate of drug-likeness (QED) is 0.773. The first-order valence-electron chi connectivity index (χ1n) is 9.72. The average Bonchev–Trinajstić information content (AvgIpc) is 2.72. The maximum atomic E-state index is 13.3. The summed E-state index contributed by atoms with van der Waals surface area (Å²) in [6.45, 7) is 2.02. The second-order valence-electron chi connectivity index (χ2n) is 7.25. The molecule has 1 amide bonds. The van der Waals surface area contributed by atoms with Gasteiger partial charge >= 0.3 is 0 Å². The minimum absolute atomic E-state index is 0.138. The zero-order valence-corrected chi connectivity index (χ0v) is 17.0. The van der Waals surface area contributed by atoms with Gasteiger partial charge in [-0.1, -0.05) is 43.0 Å². The molecule has 0 radical (unpaired) electrons. The van der Waals surface area contributed by atoms with Crippen LogP contribution in [0.5, 0.6) is 0 Å². The SMILES string of the molecule is Cc1ccc(S(=O)(=O)N(CC(=O)NCc2ccccn2)C2CCCCC2)cc1. The van der Waals surface area contributed by atoms with Crippen LogP contribution in [-0.2, 0) is 21.4 Å². The van der Waals surface area contributed by atoms with Crippen molar-refractivity contribution >= 4 is 15.9 Å². The lowest BCUT2D eigenvalue weighted by Crippen LogP contribution is -2.47. The summed E-state index contributed by atoms with van der Waals surface area (Å²) in [5.74, 6) is -0.313. The van der Waals surface area contributed by atoms with Crippen LogP contribution in [0.4, 0.5) is 0 Å². The van der Waals surface area contributed by atoms with E-state index < -0.39 is 10.0 Å². The van der Waals surface area contributed by atoms with Crippen LogP contribution in [0.3, 0.4) is 0 Å². The fourth-order valence-electron chi connectivity index (χ4n) is 3.51. The largest absolute Gasteiger partial charge is 0.349 e. The molecule has 7 heteroatoms. The summed E-state index contributed by atoms with van der Waals surface area (Å²) in [5.41, 5.74) is 1.73. The highest BCUT2D eigenvalue weighted by Gasteiger charge is 2.33. The third kappa shape index (κ3) is 5.17. The van der Waals surface area contributed by atoms with Crippen molar-refractivity contribution in [3.63, 3.8) is 0 Å². The van der Waals surface area contributed by atoms with Gasteiger partial charge in [0.15, 0.2) is 0 Å². The molecular weight excluding hydrogens is 374 g/mol. The number of rotatable bonds is 7. The summed E-state index contributed by atoms with van der Waals surface area (Å²) in [6.07, 6.45) is 6.33. The molecule has 0 bridgehead atoms. The summed E-state index contributed by atoms with van der Waals surface area (Å²) in [4.78, 5) is 17.0. The molecule has 0 unspecified atom stereocenters. The second-order valence-corrected chi connectivity index (χ2v) is 9.14. The summed E-state index contributed by atoms with van der Waals surface area (Å²) >= 11 is 0. The van der Waals surface area contributed by atoms with Crippen molar-refractivity contribution in [2.75, 3.05) is 6.54 Å². The van der Waals surface area contributed by atoms with Gasteiger partial charge in [0.25, 0.3) is 0 Å². The van der Waals surface area contributed by atoms with Crippen molar-refractivity contribution in [1.29, 1.82) is 0 Å². The Labute approximate surface area is 167 Å². The van der Waals surface area contributed by atoms with Crippen LogP contribution in [0.15, 0.2) is 53.6 Å². The van der Waals surface area contributed by atoms with E-state index in [1.54, 1.807) is 30.5 Å². The molecule has 2 aromatic rings. The maximum Gasteiger partial charge on any atom is 0.243 e. The molecule has 1 saturated carbocycles. The van der Waals surface area contributed by atoms with Crippen LogP contribution in [0.1, 0.15) is 43.4 Å². The number of hydrogen-bond donors (Lipinski definition) is 1. The molecule has 150 valence electrons. The van der Waals surface area contributed by atoms with Gasteiger partial charge in [-0.05, 0) is 44.0 Å². The van der Waals surface area contributed by atoms with E-state index in [0.717, 1.165) is 43.4 Å². The zero-order chi connectivity index (χ0) is 20.0. The lowest BCUT2D eigenvalue weighted by Gasteiger charge is -2.33. The first-order valence-corrected chi connectivity index (χ1v) is 11.2. The van der Waals surface area contributed by atoms with Gasteiger partial charge in [0, 0.05) is 12.2 Å². The van der Waals surface area contributed by atoms with Gasteiger partial charge in [-0.2, -0.15) is 4.31 Å². The maximum absolute atomic E-state index is 13.3. The number of hydrogen-bond acceptors (Lipinski definition) is 4. The van der Waals surface area contributed by atoms with Crippen molar-refractivity contribution in [3.8, 4) is 0 Å². The number of carbonyl (C=O) groups is 1. The molecule has 1 aromatic heterocycles. The van der Waals surface area contributed by atoms with Crippen molar-refractivity contribution in [1.82, 2.24) is 14.6 Å². The highest BCUT2D eigenvalue weighted by molar-refractivity contribution is 7.89. The van der Waals surface area contributed by atoms with Gasteiger partial charge in [-0.25, -0.2) is 8.42 Å².